The molecule has 0 bridgehead atoms. The number of pyridine rings is 1. The quantitative estimate of drug-likeness (QED) is 0.669. The minimum atomic E-state index is -0.422. The van der Waals surface area contributed by atoms with Crippen LogP contribution in [0.25, 0.3) is 0 Å². The molecule has 0 spiro atoms. The smallest absolute Gasteiger partial charge is 0.339 e. The summed E-state index contributed by atoms with van der Waals surface area (Å²) < 4.78 is 5.23. The highest BCUT2D eigenvalue weighted by atomic mass is 79.9. The number of halogens is 1. The van der Waals surface area contributed by atoms with E-state index in [4.69, 9.17) is 12.2 Å². The number of methoxy groups -OCH3 is 1. The maximum atomic E-state index is 11.2. The monoisotopic (exact) mass is 288 g/mol. The number of rotatable bonds is 2. The molecule has 1 aromatic rings. The van der Waals surface area contributed by atoms with Crippen LogP contribution >= 0.6 is 28.1 Å². The summed E-state index contributed by atoms with van der Waals surface area (Å²) in [6, 6.07) is 1.62. The Morgan fingerprint density at radius 1 is 1.67 bits per heavy atom. The van der Waals surface area contributed by atoms with E-state index in [2.05, 4.69) is 31.0 Å². The van der Waals surface area contributed by atoms with Crippen molar-refractivity contribution in [2.45, 2.75) is 6.92 Å². The largest absolute Gasteiger partial charge is 0.465 e. The number of thiocarbonyl (C=S) groups is 1. The van der Waals surface area contributed by atoms with Crippen molar-refractivity contribution in [1.82, 2.24) is 4.98 Å². The first-order valence-corrected chi connectivity index (χ1v) is 5.26. The molecule has 0 aliphatic rings. The molecule has 0 aromatic carbocycles. The van der Waals surface area contributed by atoms with Crippen molar-refractivity contribution >= 4 is 44.9 Å². The van der Waals surface area contributed by atoms with Crippen LogP contribution in [0.2, 0.25) is 0 Å². The Balaban J connectivity index is 2.97. The average molecular weight is 289 g/mol. The van der Waals surface area contributed by atoms with Crippen molar-refractivity contribution in [2.75, 3.05) is 12.4 Å². The minimum Gasteiger partial charge on any atom is -0.465 e. The Hall–Kier alpha value is -1.01. The van der Waals surface area contributed by atoms with Crippen LogP contribution < -0.4 is 5.32 Å². The summed E-state index contributed by atoms with van der Waals surface area (Å²) in [4.78, 5) is 15.8. The molecule has 0 unspecified atom stereocenters. The first kappa shape index (κ1) is 12.1. The van der Waals surface area contributed by atoms with Gasteiger partial charge in [0.1, 0.15) is 5.82 Å². The van der Waals surface area contributed by atoms with E-state index in [0.717, 1.165) is 0 Å². The molecular formula is C9H9BrN2O2S. The second kappa shape index (κ2) is 5.18. The summed E-state index contributed by atoms with van der Waals surface area (Å²) in [5, 5.41) is 2.88. The number of nitrogens with zero attached hydrogens (tertiary/aromatic N) is 1. The SMILES string of the molecule is COC(=O)c1cnc(NC(C)=S)c(Br)c1. The van der Waals surface area contributed by atoms with E-state index in [1.54, 1.807) is 13.0 Å². The summed E-state index contributed by atoms with van der Waals surface area (Å²) in [6.07, 6.45) is 1.43. The number of hydrogen-bond acceptors (Lipinski definition) is 4. The van der Waals surface area contributed by atoms with Crippen LogP contribution in [0.3, 0.4) is 0 Å². The van der Waals surface area contributed by atoms with Gasteiger partial charge in [0.25, 0.3) is 0 Å². The fourth-order valence-electron chi connectivity index (χ4n) is 0.926. The molecular weight excluding hydrogens is 280 g/mol. The maximum Gasteiger partial charge on any atom is 0.339 e. The summed E-state index contributed by atoms with van der Waals surface area (Å²) in [5.41, 5.74) is 0.386. The molecule has 0 aliphatic heterocycles. The predicted octanol–water partition coefficient (Wildman–Crippen LogP) is 2.39. The highest BCUT2D eigenvalue weighted by Gasteiger charge is 2.09. The second-order valence-electron chi connectivity index (χ2n) is 2.73. The lowest BCUT2D eigenvalue weighted by atomic mass is 10.3. The molecule has 0 amide bonds. The van der Waals surface area contributed by atoms with Gasteiger partial charge in [0.05, 0.1) is 22.1 Å². The minimum absolute atomic E-state index is 0.386. The highest BCUT2D eigenvalue weighted by Crippen LogP contribution is 2.21. The average Bonchev–Trinajstić information content (AvgIpc) is 2.19. The number of ether oxygens (including phenoxy) is 1. The summed E-state index contributed by atoms with van der Waals surface area (Å²) >= 11 is 8.16. The topological polar surface area (TPSA) is 51.2 Å². The van der Waals surface area contributed by atoms with Crippen molar-refractivity contribution in [3.63, 3.8) is 0 Å². The molecule has 1 rings (SSSR count). The lowest BCUT2D eigenvalue weighted by Gasteiger charge is -2.06. The number of carbonyl (C=O) groups excluding carboxylic acids is 1. The van der Waals surface area contributed by atoms with Gasteiger partial charge in [0.2, 0.25) is 0 Å². The first-order chi connectivity index (χ1) is 7.04. The number of nitrogens with one attached hydrogen (secondary N) is 1. The molecule has 0 saturated carbocycles. The standard InChI is InChI=1S/C9H9BrN2O2S/c1-5(15)12-8-7(10)3-6(4-11-8)9(13)14-2/h3-4H,1-2H3,(H,11,12,15). The third kappa shape index (κ3) is 3.24. The van der Waals surface area contributed by atoms with Crippen LogP contribution in [-0.2, 0) is 4.74 Å². The third-order valence-corrected chi connectivity index (χ3v) is 2.26. The number of carbonyl (C=O) groups is 1. The Bertz CT molecular complexity index is 409. The van der Waals surface area contributed by atoms with Gasteiger partial charge in [-0.3, -0.25) is 0 Å². The van der Waals surface area contributed by atoms with Crippen molar-refractivity contribution in [3.8, 4) is 0 Å². The molecule has 1 N–H and O–H groups in total. The Morgan fingerprint density at radius 2 is 2.33 bits per heavy atom. The number of anilines is 1. The van der Waals surface area contributed by atoms with E-state index in [-0.39, 0.29) is 0 Å². The van der Waals surface area contributed by atoms with Crippen LogP contribution in [0.4, 0.5) is 5.82 Å². The molecule has 1 heterocycles. The molecule has 0 atom stereocenters. The Labute approximate surface area is 101 Å². The zero-order chi connectivity index (χ0) is 11.4. The maximum absolute atomic E-state index is 11.2. The molecule has 80 valence electrons. The van der Waals surface area contributed by atoms with Gasteiger partial charge in [0, 0.05) is 6.20 Å². The number of aromatic nitrogens is 1. The van der Waals surface area contributed by atoms with Crippen LogP contribution in [0, 0.1) is 0 Å². The van der Waals surface area contributed by atoms with Crippen molar-refractivity contribution in [3.05, 3.63) is 22.3 Å². The highest BCUT2D eigenvalue weighted by molar-refractivity contribution is 9.10. The van der Waals surface area contributed by atoms with Gasteiger partial charge in [-0.05, 0) is 28.9 Å². The fraction of sp³-hybridized carbons (Fsp3) is 0.222. The summed E-state index contributed by atoms with van der Waals surface area (Å²) in [6.45, 7) is 1.75. The van der Waals surface area contributed by atoms with Crippen molar-refractivity contribution in [1.29, 1.82) is 0 Å². The van der Waals surface area contributed by atoms with Gasteiger partial charge < -0.3 is 10.1 Å². The lowest BCUT2D eigenvalue weighted by molar-refractivity contribution is 0.0600. The third-order valence-electron chi connectivity index (χ3n) is 1.56. The van der Waals surface area contributed by atoms with Gasteiger partial charge in [-0.1, -0.05) is 12.2 Å². The zero-order valence-electron chi connectivity index (χ0n) is 8.20. The number of hydrogen-bond donors (Lipinski definition) is 1. The van der Waals surface area contributed by atoms with Crippen molar-refractivity contribution < 1.29 is 9.53 Å². The van der Waals surface area contributed by atoms with E-state index < -0.39 is 5.97 Å². The zero-order valence-corrected chi connectivity index (χ0v) is 10.6. The molecule has 1 aromatic heterocycles. The normalized spacial score (nSPS) is 9.53. The van der Waals surface area contributed by atoms with Gasteiger partial charge >= 0.3 is 5.97 Å². The molecule has 15 heavy (non-hydrogen) atoms. The predicted molar refractivity (Wildman–Crippen MR) is 65.2 cm³/mol. The van der Waals surface area contributed by atoms with Gasteiger partial charge in [-0.25, -0.2) is 9.78 Å². The van der Waals surface area contributed by atoms with Crippen LogP contribution in [0.1, 0.15) is 17.3 Å². The molecule has 6 heteroatoms. The second-order valence-corrected chi connectivity index (χ2v) is 4.19. The molecule has 0 fully saturated rings. The van der Waals surface area contributed by atoms with Crippen LogP contribution in [-0.4, -0.2) is 23.1 Å². The molecule has 4 nitrogen and oxygen atoms in total. The molecule has 0 saturated heterocycles. The Kier molecular flexibility index (Phi) is 4.16. The van der Waals surface area contributed by atoms with E-state index in [0.29, 0.717) is 20.8 Å². The van der Waals surface area contributed by atoms with Crippen LogP contribution in [0.15, 0.2) is 16.7 Å². The number of esters is 1. The molecule has 0 aliphatic carbocycles. The van der Waals surface area contributed by atoms with Gasteiger partial charge in [-0.2, -0.15) is 0 Å². The Morgan fingerprint density at radius 3 is 2.80 bits per heavy atom. The van der Waals surface area contributed by atoms with E-state index in [1.807, 2.05) is 0 Å². The van der Waals surface area contributed by atoms with E-state index in [1.165, 1.54) is 13.3 Å². The fourth-order valence-corrected chi connectivity index (χ4v) is 1.47. The molecule has 0 radical (unpaired) electrons. The van der Waals surface area contributed by atoms with Gasteiger partial charge in [0.15, 0.2) is 0 Å². The summed E-state index contributed by atoms with van der Waals surface area (Å²) in [7, 11) is 1.32. The van der Waals surface area contributed by atoms with Crippen LogP contribution in [0.5, 0.6) is 0 Å². The van der Waals surface area contributed by atoms with E-state index >= 15 is 0 Å². The first-order valence-electron chi connectivity index (χ1n) is 4.06. The lowest BCUT2D eigenvalue weighted by Crippen LogP contribution is -2.08. The van der Waals surface area contributed by atoms with Crippen molar-refractivity contribution in [2.24, 2.45) is 0 Å². The van der Waals surface area contributed by atoms with E-state index in [9.17, 15) is 4.79 Å². The van der Waals surface area contributed by atoms with Gasteiger partial charge in [-0.15, -0.1) is 0 Å². The summed E-state index contributed by atoms with van der Waals surface area (Å²) in [5.74, 6) is 0.156.